The van der Waals surface area contributed by atoms with Crippen LogP contribution in [0.15, 0.2) is 34.8 Å². The van der Waals surface area contributed by atoms with Crippen LogP contribution < -0.4 is 5.32 Å². The summed E-state index contributed by atoms with van der Waals surface area (Å²) in [4.78, 5) is 12.0. The molecule has 0 aliphatic carbocycles. The van der Waals surface area contributed by atoms with E-state index in [4.69, 9.17) is 4.74 Å². The van der Waals surface area contributed by atoms with Gasteiger partial charge in [0.15, 0.2) is 0 Å². The molecule has 0 aliphatic heterocycles. The van der Waals surface area contributed by atoms with E-state index in [9.17, 15) is 4.79 Å². The monoisotopic (exact) mass is 521 g/mol. The molecule has 32 heavy (non-hydrogen) atoms. The summed E-state index contributed by atoms with van der Waals surface area (Å²) in [6.07, 6.45) is 7.14. The number of hydrogen-bond donors (Lipinski definition) is 1. The molecule has 2 aromatic rings. The molecule has 0 heterocycles. The Morgan fingerprint density at radius 2 is 1.84 bits per heavy atom. The van der Waals surface area contributed by atoms with Crippen molar-refractivity contribution in [3.8, 4) is 11.2 Å². The van der Waals surface area contributed by atoms with Gasteiger partial charge in [-0.15, -0.1) is 0 Å². The van der Waals surface area contributed by atoms with Gasteiger partial charge in [0, 0.05) is 4.47 Å². The Morgan fingerprint density at radius 1 is 1.22 bits per heavy atom. The molecule has 0 saturated heterocycles. The van der Waals surface area contributed by atoms with E-state index in [1.54, 1.807) is 19.1 Å². The van der Waals surface area contributed by atoms with Crippen LogP contribution in [0.1, 0.15) is 60.3 Å². The van der Waals surface area contributed by atoms with Gasteiger partial charge in [0.2, 0.25) is 0 Å². The van der Waals surface area contributed by atoms with E-state index in [1.165, 1.54) is 6.07 Å². The number of nitrogens with one attached hydrogen (secondary N) is 1. The third kappa shape index (κ3) is 7.28. The summed E-state index contributed by atoms with van der Waals surface area (Å²) in [5.41, 5.74) is 3.49. The lowest BCUT2D eigenvalue weighted by molar-refractivity contribution is 0.0526. The lowest BCUT2D eigenvalue weighted by atomic mass is 9.95. The summed E-state index contributed by atoms with van der Waals surface area (Å²) in [6, 6.07) is 8.68. The summed E-state index contributed by atoms with van der Waals surface area (Å²) < 4.78 is 20.9. The Bertz CT molecular complexity index is 1020. The fraction of sp³-hybridized carbons (Fsp3) is 0.423. The molecule has 3 nitrogen and oxygen atoms in total. The molecular formula is C26H33BrFNO2S. The summed E-state index contributed by atoms with van der Waals surface area (Å²) in [5.74, 6) is 2.94. The van der Waals surface area contributed by atoms with E-state index in [-0.39, 0.29) is 17.8 Å². The van der Waals surface area contributed by atoms with E-state index in [0.717, 1.165) is 17.5 Å². The predicted molar refractivity (Wildman–Crippen MR) is 139 cm³/mol. The predicted octanol–water partition coefficient (Wildman–Crippen LogP) is 7.28. The van der Waals surface area contributed by atoms with Crippen molar-refractivity contribution >= 4 is 37.6 Å². The van der Waals surface area contributed by atoms with Crippen molar-refractivity contribution in [2.24, 2.45) is 5.92 Å². The number of anilines is 1. The van der Waals surface area contributed by atoms with Crippen LogP contribution in [0.3, 0.4) is 0 Å². The van der Waals surface area contributed by atoms with Gasteiger partial charge < -0.3 is 10.1 Å². The average Bonchev–Trinajstić information content (AvgIpc) is 2.70. The fourth-order valence-corrected chi connectivity index (χ4v) is 4.02. The number of rotatable bonds is 7. The first kappa shape index (κ1) is 26.3. The molecule has 0 bridgehead atoms. The third-order valence-electron chi connectivity index (χ3n) is 4.81. The molecule has 2 aromatic carbocycles. The molecule has 1 atom stereocenters. The zero-order chi connectivity index (χ0) is 24.1. The number of carbonyl (C=O) groups excluding carboxylic acids is 1. The molecule has 2 rings (SSSR count). The van der Waals surface area contributed by atoms with Crippen LogP contribution in [0.25, 0.3) is 0 Å². The van der Waals surface area contributed by atoms with Gasteiger partial charge in [-0.05, 0) is 79.5 Å². The van der Waals surface area contributed by atoms with Gasteiger partial charge in [-0.3, -0.25) is 0 Å². The van der Waals surface area contributed by atoms with Crippen molar-refractivity contribution in [1.29, 1.82) is 0 Å². The van der Waals surface area contributed by atoms with Crippen LogP contribution >= 0.6 is 26.0 Å². The highest BCUT2D eigenvalue weighted by Crippen LogP contribution is 2.36. The molecule has 0 amide bonds. The summed E-state index contributed by atoms with van der Waals surface area (Å²) >= 11 is 3.46. The van der Waals surface area contributed by atoms with Gasteiger partial charge in [-0.2, -0.15) is 10.0 Å². The highest BCUT2D eigenvalue weighted by atomic mass is 79.9. The lowest BCUT2D eigenvalue weighted by Gasteiger charge is -2.25. The molecule has 174 valence electrons. The van der Waals surface area contributed by atoms with E-state index < -0.39 is 10.0 Å². The molecule has 0 aliphatic rings. The van der Waals surface area contributed by atoms with E-state index >= 15 is 4.39 Å². The summed E-state index contributed by atoms with van der Waals surface area (Å²) in [6.45, 7) is 8.33. The molecular weight excluding hydrogens is 489 g/mol. The summed E-state index contributed by atoms with van der Waals surface area (Å²) in [5, 5.41) is 6.75. The Hall–Kier alpha value is -1.97. The number of ether oxygens (including phenoxy) is 1. The molecule has 6 heteroatoms. The molecule has 0 aromatic heterocycles. The van der Waals surface area contributed by atoms with Crippen molar-refractivity contribution in [2.75, 3.05) is 30.7 Å². The molecule has 1 N–H and O–H groups in total. The van der Waals surface area contributed by atoms with Crippen LogP contribution in [0.5, 0.6) is 0 Å². The first-order chi connectivity index (χ1) is 14.9. The average molecular weight is 523 g/mol. The molecule has 0 radical (unpaired) electrons. The highest BCUT2D eigenvalue weighted by Gasteiger charge is 2.20. The maximum Gasteiger partial charge on any atom is 0.338 e. The number of benzene rings is 2. The number of hydrogen-bond acceptors (Lipinski definition) is 3. The minimum absolute atomic E-state index is 0.135. The van der Waals surface area contributed by atoms with Crippen LogP contribution in [-0.2, 0) is 4.74 Å². The third-order valence-corrected chi connectivity index (χ3v) is 6.35. The Balaban J connectivity index is 2.50. The normalized spacial score (nSPS) is 12.7. The second kappa shape index (κ2) is 11.2. The first-order valence-electron chi connectivity index (χ1n) is 10.7. The second-order valence-corrected chi connectivity index (χ2v) is 13.7. The quantitative estimate of drug-likeness (QED) is 0.307. The maximum absolute atomic E-state index is 15.2. The van der Waals surface area contributed by atoms with E-state index in [0.29, 0.717) is 33.8 Å². The fourth-order valence-electron chi connectivity index (χ4n) is 3.21. The number of esters is 1. The zero-order valence-corrected chi connectivity index (χ0v) is 22.3. The topological polar surface area (TPSA) is 38.3 Å². The Morgan fingerprint density at radius 3 is 2.38 bits per heavy atom. The van der Waals surface area contributed by atoms with Crippen molar-refractivity contribution in [3.63, 3.8) is 0 Å². The zero-order valence-electron chi connectivity index (χ0n) is 19.9. The summed E-state index contributed by atoms with van der Waals surface area (Å²) in [7, 11) is -1.07. The largest absolute Gasteiger partial charge is 0.462 e. The Labute approximate surface area is 202 Å². The Kier molecular flexibility index (Phi) is 9.24. The first-order valence-corrected chi connectivity index (χ1v) is 14.3. The van der Waals surface area contributed by atoms with Gasteiger partial charge >= 0.3 is 5.97 Å². The molecule has 1 unspecified atom stereocenters. The van der Waals surface area contributed by atoms with Crippen LogP contribution in [0.4, 0.5) is 10.1 Å². The minimum Gasteiger partial charge on any atom is -0.462 e. The number of halogens is 2. The molecule has 0 saturated carbocycles. The van der Waals surface area contributed by atoms with Gasteiger partial charge in [-0.1, -0.05) is 47.8 Å². The van der Waals surface area contributed by atoms with Crippen LogP contribution in [0.2, 0.25) is 0 Å². The second-order valence-electron chi connectivity index (χ2n) is 8.95. The van der Waals surface area contributed by atoms with Crippen molar-refractivity contribution in [1.82, 2.24) is 0 Å². The van der Waals surface area contributed by atoms with Crippen LogP contribution in [0, 0.1) is 29.8 Å². The number of carbonyl (C=O) groups is 1. The van der Waals surface area contributed by atoms with E-state index in [1.807, 2.05) is 19.1 Å². The van der Waals surface area contributed by atoms with Gasteiger partial charge in [-0.25, -0.2) is 9.18 Å². The van der Waals surface area contributed by atoms with Crippen molar-refractivity contribution < 1.29 is 13.9 Å². The van der Waals surface area contributed by atoms with Crippen molar-refractivity contribution in [2.45, 2.75) is 40.2 Å². The molecule has 0 spiro atoms. The van der Waals surface area contributed by atoms with Gasteiger partial charge in [0.05, 0.1) is 29.5 Å². The van der Waals surface area contributed by atoms with Gasteiger partial charge in [0.1, 0.15) is 5.82 Å². The molecule has 0 fully saturated rings. The van der Waals surface area contributed by atoms with E-state index in [2.05, 4.69) is 65.0 Å². The minimum atomic E-state index is -1.07. The SMILES string of the molecule is CCOC(=O)c1ccc(C(CC(C)C)Nc2c(F)cc(Br)c(C)c2C#CS(C)(C)C)cc1. The van der Waals surface area contributed by atoms with Gasteiger partial charge in [0.25, 0.3) is 0 Å². The highest BCUT2D eigenvalue weighted by molar-refractivity contribution is 9.10. The smallest absolute Gasteiger partial charge is 0.338 e. The lowest BCUT2D eigenvalue weighted by Crippen LogP contribution is -2.16. The maximum atomic E-state index is 15.2. The van der Waals surface area contributed by atoms with Crippen molar-refractivity contribution in [3.05, 3.63) is 62.9 Å². The standard InChI is InChI=1S/C26H33BrFNO2S/c1-8-31-26(30)20-11-9-19(10-12-20)24(15-17(2)3)29-25-21(13-14-32(5,6)7)18(4)22(27)16-23(25)28/h9-12,16-17,24,29H,8,15H2,1-7H3. The van der Waals surface area contributed by atoms with Crippen LogP contribution in [-0.4, -0.2) is 31.3 Å².